The van der Waals surface area contributed by atoms with Gasteiger partial charge in [0.2, 0.25) is 0 Å². The predicted octanol–water partition coefficient (Wildman–Crippen LogP) is 1.79. The maximum atomic E-state index is 6.07. The highest BCUT2D eigenvalue weighted by Gasteiger charge is 2.65. The summed E-state index contributed by atoms with van der Waals surface area (Å²) >= 11 is 0. The Kier molecular flexibility index (Phi) is 4.48. The number of ether oxygens (including phenoxy) is 1. The van der Waals surface area contributed by atoms with Gasteiger partial charge in [0.15, 0.2) is 5.96 Å². The maximum Gasteiger partial charge on any atom is 0.191 e. The summed E-state index contributed by atoms with van der Waals surface area (Å²) in [6.45, 7) is 2.78. The molecule has 6 heteroatoms. The molecule has 0 radical (unpaired) electrons. The molecule has 0 amide bonds. The molecule has 3 fully saturated rings. The lowest BCUT2D eigenvalue weighted by atomic mass is 9.54. The zero-order valence-corrected chi connectivity index (χ0v) is 14.6. The normalized spacial score (nSPS) is 31.0. The summed E-state index contributed by atoms with van der Waals surface area (Å²) in [5.41, 5.74) is 0.369. The van der Waals surface area contributed by atoms with Gasteiger partial charge in [-0.1, -0.05) is 12.8 Å². The lowest BCUT2D eigenvalue weighted by Gasteiger charge is -2.57. The van der Waals surface area contributed by atoms with Crippen LogP contribution in [-0.2, 0) is 11.3 Å². The molecule has 2 heterocycles. The Morgan fingerprint density at radius 1 is 1.42 bits per heavy atom. The second-order valence-electron chi connectivity index (χ2n) is 7.43. The number of hydrogen-bond acceptors (Lipinski definition) is 3. The van der Waals surface area contributed by atoms with Crippen molar-refractivity contribution >= 4 is 5.96 Å². The van der Waals surface area contributed by atoms with Crippen molar-refractivity contribution in [3.05, 3.63) is 18.5 Å². The van der Waals surface area contributed by atoms with Crippen LogP contribution >= 0.6 is 0 Å². The number of hydrogen-bond donors (Lipinski definition) is 2. The number of nitrogens with zero attached hydrogens (tertiary/aromatic N) is 3. The molecule has 24 heavy (non-hydrogen) atoms. The average Bonchev–Trinajstić information content (AvgIpc) is 3.34. The van der Waals surface area contributed by atoms with Crippen molar-refractivity contribution < 1.29 is 4.74 Å². The monoisotopic (exact) mass is 331 g/mol. The minimum Gasteiger partial charge on any atom is -0.377 e. The van der Waals surface area contributed by atoms with Gasteiger partial charge in [0.25, 0.3) is 0 Å². The third kappa shape index (κ3) is 2.70. The molecule has 4 rings (SSSR count). The number of rotatable bonds is 5. The van der Waals surface area contributed by atoms with Crippen molar-refractivity contribution in [1.82, 2.24) is 20.4 Å². The van der Waals surface area contributed by atoms with Gasteiger partial charge in [0, 0.05) is 56.5 Å². The van der Waals surface area contributed by atoms with Crippen LogP contribution in [0.25, 0.3) is 0 Å². The van der Waals surface area contributed by atoms with E-state index in [4.69, 9.17) is 4.74 Å². The van der Waals surface area contributed by atoms with E-state index < -0.39 is 0 Å². The molecule has 2 aliphatic carbocycles. The summed E-state index contributed by atoms with van der Waals surface area (Å²) in [5.74, 6) is 1.61. The standard InChI is InChI=1S/C18H29N5O/c1-19-17(20-9-4-11-23-12-5-10-21-23)22-15-14-6-13-24-16(14)18(15)7-2-3-8-18/h5,10,12,14-16H,2-4,6-9,11,13H2,1H3,(H2,19,20,22). The molecule has 0 bridgehead atoms. The lowest BCUT2D eigenvalue weighted by molar-refractivity contribution is -0.125. The van der Waals surface area contributed by atoms with Crippen molar-refractivity contribution in [2.75, 3.05) is 20.2 Å². The molecule has 2 saturated carbocycles. The third-order valence-corrected chi connectivity index (χ3v) is 6.22. The Labute approximate surface area is 144 Å². The highest BCUT2D eigenvalue weighted by Crippen LogP contribution is 2.60. The first kappa shape index (κ1) is 15.9. The van der Waals surface area contributed by atoms with Crippen LogP contribution in [0.2, 0.25) is 0 Å². The molecule has 6 nitrogen and oxygen atoms in total. The number of fused-ring (bicyclic) bond motifs is 2. The molecule has 3 atom stereocenters. The van der Waals surface area contributed by atoms with Crippen molar-refractivity contribution in [3.63, 3.8) is 0 Å². The minimum absolute atomic E-state index is 0.369. The van der Waals surface area contributed by atoms with Gasteiger partial charge >= 0.3 is 0 Å². The molecule has 1 aliphatic heterocycles. The van der Waals surface area contributed by atoms with E-state index in [1.54, 1.807) is 0 Å². The molecule has 3 aliphatic rings. The number of aliphatic imine (C=N–C) groups is 1. The van der Waals surface area contributed by atoms with Crippen molar-refractivity contribution in [1.29, 1.82) is 0 Å². The molecule has 1 saturated heterocycles. The van der Waals surface area contributed by atoms with Crippen LogP contribution in [0, 0.1) is 11.3 Å². The van der Waals surface area contributed by atoms with Crippen LogP contribution in [0.3, 0.4) is 0 Å². The smallest absolute Gasteiger partial charge is 0.191 e. The summed E-state index contributed by atoms with van der Waals surface area (Å²) < 4.78 is 8.04. The number of aromatic nitrogens is 2. The minimum atomic E-state index is 0.369. The molecule has 1 aromatic heterocycles. The summed E-state index contributed by atoms with van der Waals surface area (Å²) in [6, 6.07) is 2.50. The summed E-state index contributed by atoms with van der Waals surface area (Å²) in [7, 11) is 1.87. The average molecular weight is 331 g/mol. The van der Waals surface area contributed by atoms with Crippen molar-refractivity contribution in [3.8, 4) is 0 Å². The molecular formula is C18H29N5O. The predicted molar refractivity (Wildman–Crippen MR) is 93.9 cm³/mol. The van der Waals surface area contributed by atoms with Gasteiger partial charge in [-0.25, -0.2) is 0 Å². The topological polar surface area (TPSA) is 63.5 Å². The number of guanidine groups is 1. The van der Waals surface area contributed by atoms with E-state index in [1.807, 2.05) is 30.2 Å². The van der Waals surface area contributed by atoms with E-state index >= 15 is 0 Å². The fraction of sp³-hybridized carbons (Fsp3) is 0.778. The Morgan fingerprint density at radius 2 is 2.29 bits per heavy atom. The summed E-state index contributed by atoms with van der Waals surface area (Å²) in [4.78, 5) is 4.44. The number of nitrogens with one attached hydrogen (secondary N) is 2. The maximum absolute atomic E-state index is 6.07. The van der Waals surface area contributed by atoms with E-state index in [-0.39, 0.29) is 0 Å². The van der Waals surface area contributed by atoms with Crippen LogP contribution in [-0.4, -0.2) is 48.1 Å². The first-order valence-corrected chi connectivity index (χ1v) is 9.40. The highest BCUT2D eigenvalue weighted by molar-refractivity contribution is 5.80. The van der Waals surface area contributed by atoms with Crippen LogP contribution in [0.1, 0.15) is 38.5 Å². The quantitative estimate of drug-likeness (QED) is 0.490. The molecule has 1 spiro atoms. The largest absolute Gasteiger partial charge is 0.377 e. The van der Waals surface area contributed by atoms with Gasteiger partial charge in [0.1, 0.15) is 0 Å². The number of aryl methyl sites for hydroxylation is 1. The van der Waals surface area contributed by atoms with E-state index in [9.17, 15) is 0 Å². The molecular weight excluding hydrogens is 302 g/mol. The summed E-state index contributed by atoms with van der Waals surface area (Å²) in [6.07, 6.45) is 11.9. The molecule has 3 unspecified atom stereocenters. The van der Waals surface area contributed by atoms with E-state index in [0.717, 1.165) is 32.1 Å². The van der Waals surface area contributed by atoms with Gasteiger partial charge in [-0.2, -0.15) is 5.10 Å². The molecule has 1 aromatic rings. The third-order valence-electron chi connectivity index (χ3n) is 6.22. The zero-order valence-electron chi connectivity index (χ0n) is 14.6. The van der Waals surface area contributed by atoms with Crippen molar-refractivity contribution in [2.24, 2.45) is 16.3 Å². The second kappa shape index (κ2) is 6.75. The van der Waals surface area contributed by atoms with Crippen LogP contribution in [0.5, 0.6) is 0 Å². The Balaban J connectivity index is 1.29. The van der Waals surface area contributed by atoms with Crippen molar-refractivity contribution in [2.45, 2.75) is 57.2 Å². The SMILES string of the molecule is CN=C(NCCCn1cccn1)NC1C2CCOC2C12CCCC2. The molecule has 0 aromatic carbocycles. The van der Waals surface area contributed by atoms with Gasteiger partial charge in [-0.3, -0.25) is 9.67 Å². The highest BCUT2D eigenvalue weighted by atomic mass is 16.5. The van der Waals surface area contributed by atoms with Gasteiger partial charge < -0.3 is 15.4 Å². The summed E-state index contributed by atoms with van der Waals surface area (Å²) in [5, 5.41) is 11.4. The van der Waals surface area contributed by atoms with Crippen LogP contribution in [0.4, 0.5) is 0 Å². The Morgan fingerprint density at radius 3 is 3.04 bits per heavy atom. The second-order valence-corrected chi connectivity index (χ2v) is 7.43. The Hall–Kier alpha value is -1.56. The van der Waals surface area contributed by atoms with Gasteiger partial charge in [0.05, 0.1) is 6.10 Å². The fourth-order valence-corrected chi connectivity index (χ4v) is 5.13. The first-order valence-electron chi connectivity index (χ1n) is 9.40. The Bertz CT molecular complexity index is 564. The van der Waals surface area contributed by atoms with E-state index in [0.29, 0.717) is 23.5 Å². The van der Waals surface area contributed by atoms with Crippen LogP contribution in [0.15, 0.2) is 23.5 Å². The fourth-order valence-electron chi connectivity index (χ4n) is 5.13. The zero-order chi connectivity index (χ0) is 16.4. The van der Waals surface area contributed by atoms with Gasteiger partial charge in [-0.05, 0) is 31.7 Å². The first-order chi connectivity index (χ1) is 11.8. The van der Waals surface area contributed by atoms with E-state index in [1.165, 1.54) is 32.1 Å². The van der Waals surface area contributed by atoms with E-state index in [2.05, 4.69) is 20.7 Å². The van der Waals surface area contributed by atoms with Gasteiger partial charge in [-0.15, -0.1) is 0 Å². The lowest BCUT2D eigenvalue weighted by Crippen LogP contribution is -2.69. The molecule has 132 valence electrons. The molecule has 2 N–H and O–H groups in total. The van der Waals surface area contributed by atoms with Crippen LogP contribution < -0.4 is 10.6 Å².